The van der Waals surface area contributed by atoms with Crippen LogP contribution in [0.15, 0.2) is 0 Å². The van der Waals surface area contributed by atoms with Gasteiger partial charge in [0, 0.05) is 0 Å². The first-order valence-corrected chi connectivity index (χ1v) is 6.40. The van der Waals surface area contributed by atoms with E-state index in [1.807, 2.05) is 0 Å². The van der Waals surface area contributed by atoms with E-state index in [-0.39, 0.29) is 57.8 Å². The molecule has 0 aliphatic heterocycles. The van der Waals surface area contributed by atoms with Gasteiger partial charge in [-0.05, 0) is 19.8 Å². The molecule has 15 heavy (non-hydrogen) atoms. The van der Waals surface area contributed by atoms with Crippen molar-refractivity contribution >= 4 is 10.1 Å². The van der Waals surface area contributed by atoms with Crippen LogP contribution in [0, 0.1) is 0 Å². The molecule has 0 radical (unpaired) electrons. The summed E-state index contributed by atoms with van der Waals surface area (Å²) in [7, 11) is -4.59. The zero-order valence-corrected chi connectivity index (χ0v) is 13.8. The van der Waals surface area contributed by atoms with Crippen molar-refractivity contribution in [1.82, 2.24) is 0 Å². The minimum Gasteiger partial charge on any atom is -0.746 e. The summed E-state index contributed by atoms with van der Waals surface area (Å²) in [5, 5.41) is 9.31. The van der Waals surface area contributed by atoms with E-state index < -0.39 is 15.1 Å². The van der Waals surface area contributed by atoms with Crippen LogP contribution in [-0.4, -0.2) is 23.0 Å². The molecule has 4 nitrogen and oxygen atoms in total. The van der Waals surface area contributed by atoms with Gasteiger partial charge in [-0.15, -0.1) is 0 Å². The molecule has 0 spiro atoms. The Morgan fingerprint density at radius 1 is 1.20 bits per heavy atom. The molecule has 0 amide bonds. The van der Waals surface area contributed by atoms with Gasteiger partial charge in [-0.2, -0.15) is 0 Å². The van der Waals surface area contributed by atoms with E-state index in [1.54, 1.807) is 0 Å². The maximum absolute atomic E-state index is 10.6. The molecule has 0 aromatic carbocycles. The summed E-state index contributed by atoms with van der Waals surface area (Å²) in [6.45, 7) is 3.15. The van der Waals surface area contributed by atoms with Crippen LogP contribution in [0.2, 0.25) is 0 Å². The van der Waals surface area contributed by atoms with Gasteiger partial charge >= 0.3 is 51.4 Å². The monoisotopic (exact) mass is 262 g/mol. The van der Waals surface area contributed by atoms with Gasteiger partial charge in [0.1, 0.15) is 10.1 Å². The molecule has 0 aliphatic rings. The molecule has 0 rings (SSSR count). The van der Waals surface area contributed by atoms with Crippen LogP contribution in [-0.2, 0) is 10.1 Å². The molecule has 86 valence electrons. The van der Waals surface area contributed by atoms with E-state index in [0.29, 0.717) is 6.42 Å². The Hall–Kier alpha value is 1.51. The molecule has 0 aromatic rings. The Kier molecular flexibility index (Phi) is 10.8. The van der Waals surface area contributed by atoms with Gasteiger partial charge < -0.3 is 9.66 Å². The van der Waals surface area contributed by atoms with Crippen LogP contribution >= 0.6 is 0 Å². The summed E-state index contributed by atoms with van der Waals surface area (Å²) in [6.07, 6.45) is 4.70. The topological polar surface area (TPSA) is 77.4 Å². The van der Waals surface area contributed by atoms with Crippen LogP contribution in [0.25, 0.3) is 0 Å². The summed E-state index contributed by atoms with van der Waals surface area (Å²) < 4.78 is 31.7. The van der Waals surface area contributed by atoms with Crippen LogP contribution in [0.4, 0.5) is 0 Å². The molecule has 0 saturated heterocycles. The molecule has 1 N–H and O–H groups in total. The van der Waals surface area contributed by atoms with Gasteiger partial charge in [0.15, 0.2) is 4.93 Å². The molecule has 0 bridgehead atoms. The van der Waals surface area contributed by atoms with Gasteiger partial charge in [0.05, 0.1) is 0 Å². The first-order valence-electron chi connectivity index (χ1n) is 4.99. The van der Waals surface area contributed by atoms with Gasteiger partial charge in [-0.3, -0.25) is 0 Å². The van der Waals surface area contributed by atoms with Crippen molar-refractivity contribution in [3.05, 3.63) is 0 Å². The van der Waals surface area contributed by atoms with E-state index in [2.05, 4.69) is 6.92 Å². The molecule has 6 heteroatoms. The fraction of sp³-hybridized carbons (Fsp3) is 1.00. The van der Waals surface area contributed by atoms with Gasteiger partial charge in [-0.1, -0.05) is 32.6 Å². The van der Waals surface area contributed by atoms with Crippen molar-refractivity contribution in [1.29, 1.82) is 0 Å². The van der Waals surface area contributed by atoms with Crippen molar-refractivity contribution in [2.45, 2.75) is 57.3 Å². The second-order valence-corrected chi connectivity index (χ2v) is 5.58. The van der Waals surface area contributed by atoms with Crippen LogP contribution in [0.3, 0.4) is 0 Å². The number of rotatable bonds is 7. The molecule has 0 saturated carbocycles. The minimum absolute atomic E-state index is 0. The van der Waals surface area contributed by atoms with Crippen molar-refractivity contribution in [2.24, 2.45) is 0 Å². The van der Waals surface area contributed by atoms with E-state index in [1.165, 1.54) is 0 Å². The maximum atomic E-state index is 10.6. The third-order valence-corrected chi connectivity index (χ3v) is 3.56. The summed E-state index contributed by atoms with van der Waals surface area (Å²) in [5.41, 5.74) is 0. The minimum atomic E-state index is -4.59. The maximum Gasteiger partial charge on any atom is 1.00 e. The average molecular weight is 262 g/mol. The number of hydrogen-bond donors (Lipinski definition) is 1. The fourth-order valence-corrected chi connectivity index (χ4v) is 1.58. The SMILES string of the molecule is CCCCCCCC(C)(O)S(=O)(=O)[O-].[K+]. The zero-order valence-electron chi connectivity index (χ0n) is 9.82. The summed E-state index contributed by atoms with van der Waals surface area (Å²) in [6, 6.07) is 0. The van der Waals surface area contributed by atoms with E-state index >= 15 is 0 Å². The molecule has 1 unspecified atom stereocenters. The Labute approximate surface area is 135 Å². The predicted octanol–water partition coefficient (Wildman–Crippen LogP) is -1.40. The summed E-state index contributed by atoms with van der Waals surface area (Å²) in [4.78, 5) is -2.10. The van der Waals surface area contributed by atoms with E-state index in [0.717, 1.165) is 32.6 Å². The van der Waals surface area contributed by atoms with Gasteiger partial charge in [0.25, 0.3) is 0 Å². The first kappa shape index (κ1) is 18.9. The molecule has 1 atom stereocenters. The Morgan fingerprint density at radius 2 is 1.67 bits per heavy atom. The molecular formula is C9H19KO4S. The number of aliphatic hydroxyl groups is 1. The number of unbranched alkanes of at least 4 members (excludes halogenated alkanes) is 4. The zero-order chi connectivity index (χ0) is 11.2. The fourth-order valence-electron chi connectivity index (χ4n) is 1.18. The average Bonchev–Trinajstić information content (AvgIpc) is 2.02. The molecular weight excluding hydrogens is 243 g/mol. The van der Waals surface area contributed by atoms with E-state index in [9.17, 15) is 18.1 Å². The van der Waals surface area contributed by atoms with Gasteiger partial charge in [-0.25, -0.2) is 8.42 Å². The van der Waals surface area contributed by atoms with Crippen LogP contribution < -0.4 is 51.4 Å². The standard InChI is InChI=1S/C9H20O4S.K/c1-3-4-5-6-7-8-9(2,10)14(11,12)13;/h10H,3-8H2,1-2H3,(H,11,12,13);/q;+1/p-1. The molecule has 0 aliphatic carbocycles. The molecule has 0 fully saturated rings. The van der Waals surface area contributed by atoms with Crippen molar-refractivity contribution in [3.63, 3.8) is 0 Å². The van der Waals surface area contributed by atoms with Crippen molar-refractivity contribution in [2.75, 3.05) is 0 Å². The van der Waals surface area contributed by atoms with Gasteiger partial charge in [0.2, 0.25) is 0 Å². The second kappa shape index (κ2) is 8.58. The number of hydrogen-bond acceptors (Lipinski definition) is 4. The van der Waals surface area contributed by atoms with Crippen molar-refractivity contribution < 1.29 is 69.5 Å². The molecule has 0 heterocycles. The van der Waals surface area contributed by atoms with Crippen LogP contribution in [0.5, 0.6) is 0 Å². The Bertz CT molecular complexity index is 249. The normalized spacial score (nSPS) is 15.5. The third kappa shape index (κ3) is 8.26. The van der Waals surface area contributed by atoms with Crippen molar-refractivity contribution in [3.8, 4) is 0 Å². The molecule has 0 aromatic heterocycles. The Balaban J connectivity index is 0. The second-order valence-electron chi connectivity index (χ2n) is 3.79. The smallest absolute Gasteiger partial charge is 0.746 e. The third-order valence-electron chi connectivity index (χ3n) is 2.28. The summed E-state index contributed by atoms with van der Waals surface area (Å²) >= 11 is 0. The first-order chi connectivity index (χ1) is 6.31. The Morgan fingerprint density at radius 3 is 2.07 bits per heavy atom. The largest absolute Gasteiger partial charge is 1.00 e. The predicted molar refractivity (Wildman–Crippen MR) is 53.7 cm³/mol. The van der Waals surface area contributed by atoms with Crippen LogP contribution in [0.1, 0.15) is 52.4 Å². The summed E-state index contributed by atoms with van der Waals surface area (Å²) in [5.74, 6) is 0. The quantitative estimate of drug-likeness (QED) is 0.348. The van der Waals surface area contributed by atoms with E-state index in [4.69, 9.17) is 0 Å².